The number of nitrogens with zero attached hydrogens (tertiary/aromatic N) is 1. The summed E-state index contributed by atoms with van der Waals surface area (Å²) in [6.45, 7) is 2.82. The highest BCUT2D eigenvalue weighted by molar-refractivity contribution is 7.85. The van der Waals surface area contributed by atoms with Crippen LogP contribution in [0.25, 0.3) is 0 Å². The monoisotopic (exact) mass is 505 g/mol. The molecule has 0 aliphatic carbocycles. The number of carbonyl (C=O) groups is 1. The maximum atomic E-state index is 13.3. The van der Waals surface area contributed by atoms with Crippen LogP contribution in [-0.2, 0) is 24.4 Å². The molecular weight excluding hydrogens is 481 g/mol. The van der Waals surface area contributed by atoms with E-state index >= 15 is 0 Å². The first kappa shape index (κ1) is 27.3. The van der Waals surface area contributed by atoms with E-state index in [1.54, 1.807) is 17.1 Å². The van der Waals surface area contributed by atoms with Gasteiger partial charge in [0.1, 0.15) is 31.0 Å². The lowest BCUT2D eigenvalue weighted by Gasteiger charge is -2.17. The van der Waals surface area contributed by atoms with Gasteiger partial charge in [-0.15, -0.1) is 0 Å². The summed E-state index contributed by atoms with van der Waals surface area (Å²) in [6.07, 6.45) is -5.15. The predicted molar refractivity (Wildman–Crippen MR) is 113 cm³/mol. The molecule has 1 aromatic carbocycles. The van der Waals surface area contributed by atoms with Crippen LogP contribution in [0.3, 0.4) is 0 Å². The fourth-order valence-electron chi connectivity index (χ4n) is 2.75. The van der Waals surface area contributed by atoms with Crippen LogP contribution in [-0.4, -0.2) is 69.7 Å². The molecule has 5 atom stereocenters. The Morgan fingerprint density at radius 1 is 1.26 bits per heavy atom. The number of ether oxygens (including phenoxy) is 2. The summed E-state index contributed by atoms with van der Waals surface area (Å²) in [5.74, 6) is -2.01. The number of benzene rings is 1. The van der Waals surface area contributed by atoms with Crippen molar-refractivity contribution in [3.63, 3.8) is 0 Å². The van der Waals surface area contributed by atoms with Crippen LogP contribution in [0.15, 0.2) is 44.9 Å². The molecule has 2 heterocycles. The van der Waals surface area contributed by atoms with Gasteiger partial charge in [0.2, 0.25) is 5.82 Å². The Hall–Kier alpha value is -2.95. The van der Waals surface area contributed by atoms with Gasteiger partial charge in [0.25, 0.3) is 15.7 Å². The minimum atomic E-state index is -4.02. The fourth-order valence-corrected chi connectivity index (χ4v) is 3.23. The number of nitrogens with two attached hydrogens (primary N) is 1. The van der Waals surface area contributed by atoms with E-state index in [9.17, 15) is 37.4 Å². The number of aryl methyl sites for hydroxylation is 1. The van der Waals surface area contributed by atoms with E-state index in [1.165, 1.54) is 19.1 Å². The molecule has 3 rings (SSSR count). The molecule has 13 nitrogen and oxygen atoms in total. The molecule has 1 aromatic heterocycles. The van der Waals surface area contributed by atoms with Gasteiger partial charge in [-0.1, -0.05) is 17.7 Å². The molecule has 6 N–H and O–H groups in total. The molecule has 0 spiro atoms. The van der Waals surface area contributed by atoms with Crippen LogP contribution in [0.4, 0.5) is 4.39 Å². The highest BCUT2D eigenvalue weighted by atomic mass is 32.2. The Labute approximate surface area is 192 Å². The van der Waals surface area contributed by atoms with Crippen LogP contribution in [0, 0.1) is 12.7 Å². The lowest BCUT2D eigenvalue weighted by molar-refractivity contribution is -0.151. The van der Waals surface area contributed by atoms with Gasteiger partial charge in [0.05, 0.1) is 11.1 Å². The first-order valence-corrected chi connectivity index (χ1v) is 11.1. The van der Waals surface area contributed by atoms with E-state index in [0.717, 1.165) is 5.56 Å². The number of aromatic nitrogens is 2. The van der Waals surface area contributed by atoms with Crippen molar-refractivity contribution in [3.8, 4) is 0 Å². The first-order valence-electron chi connectivity index (χ1n) is 9.71. The van der Waals surface area contributed by atoms with Crippen LogP contribution in [0.1, 0.15) is 18.7 Å². The number of hydrogen-bond acceptors (Lipinski definition) is 10. The Kier molecular flexibility index (Phi) is 8.82. The zero-order valence-electron chi connectivity index (χ0n) is 18.0. The smallest absolute Gasteiger partial charge is 0.330 e. The van der Waals surface area contributed by atoms with Crippen LogP contribution in [0.5, 0.6) is 0 Å². The maximum absolute atomic E-state index is 13.3. The summed E-state index contributed by atoms with van der Waals surface area (Å²) >= 11 is 0. The minimum Gasteiger partial charge on any atom is -0.462 e. The van der Waals surface area contributed by atoms with Crippen molar-refractivity contribution in [2.45, 2.75) is 49.3 Å². The van der Waals surface area contributed by atoms with Crippen molar-refractivity contribution in [2.75, 3.05) is 6.61 Å². The largest absolute Gasteiger partial charge is 0.462 e. The van der Waals surface area contributed by atoms with Gasteiger partial charge < -0.3 is 25.4 Å². The molecule has 15 heteroatoms. The number of nitrogens with one attached hydrogen (secondary N) is 1. The number of aromatic amines is 1. The van der Waals surface area contributed by atoms with Crippen LogP contribution >= 0.6 is 0 Å². The summed E-state index contributed by atoms with van der Waals surface area (Å²) < 4.78 is 53.5. The molecule has 1 saturated heterocycles. The number of carbonyl (C=O) groups excluding carboxylic acids is 1. The standard InChI is InChI=1S/C12H16FN3O7.C7H8O3S/c1-4(14)11(20)22-3-6-7(17)8(18)10(23-6)16-2-5(13)9(19)15-12(16)21;1-6-2-4-7(5-3-6)11(8,9)10/h2,4,6-8,10,17-18H,3,14H2,1H3,(H,15,19,21);2-5H,1H3,(H,8,9,10)/t4-,6+,7+,8+,10+;/m0./s1. The van der Waals surface area contributed by atoms with Gasteiger partial charge in [-0.3, -0.25) is 23.7 Å². The zero-order chi connectivity index (χ0) is 25.8. The molecule has 0 saturated carbocycles. The molecule has 2 aromatic rings. The molecule has 188 valence electrons. The molecule has 1 aliphatic heterocycles. The van der Waals surface area contributed by atoms with Crippen molar-refractivity contribution in [1.29, 1.82) is 0 Å². The van der Waals surface area contributed by atoms with Crippen LogP contribution < -0.4 is 17.0 Å². The van der Waals surface area contributed by atoms with Crippen molar-refractivity contribution in [1.82, 2.24) is 9.55 Å². The molecule has 0 amide bonds. The first-order chi connectivity index (χ1) is 15.7. The number of rotatable bonds is 5. The zero-order valence-corrected chi connectivity index (χ0v) is 18.8. The second-order valence-electron chi connectivity index (χ2n) is 7.40. The highest BCUT2D eigenvalue weighted by Gasteiger charge is 2.45. The third kappa shape index (κ3) is 6.78. The third-order valence-electron chi connectivity index (χ3n) is 4.62. The Morgan fingerprint density at radius 2 is 1.85 bits per heavy atom. The topological polar surface area (TPSA) is 211 Å². The lowest BCUT2D eigenvalue weighted by Crippen LogP contribution is -2.39. The van der Waals surface area contributed by atoms with Crippen LogP contribution in [0.2, 0.25) is 0 Å². The van der Waals surface area contributed by atoms with E-state index < -0.39 is 70.3 Å². The molecule has 0 unspecified atom stereocenters. The SMILES string of the molecule is C[C@H](N)C(=O)OC[C@H]1O[C@@H](n2cc(F)c(=O)[nH]c2=O)[C@H](O)[C@@H]1O.Cc1ccc(S(=O)(=O)O)cc1. The van der Waals surface area contributed by atoms with Gasteiger partial charge in [-0.25, -0.2) is 4.79 Å². The summed E-state index contributed by atoms with van der Waals surface area (Å²) in [5, 5.41) is 19.8. The molecule has 0 radical (unpaired) electrons. The lowest BCUT2D eigenvalue weighted by atomic mass is 10.1. The number of halogens is 1. The summed E-state index contributed by atoms with van der Waals surface area (Å²) in [5.41, 5.74) is 4.01. The van der Waals surface area contributed by atoms with Crippen molar-refractivity contribution in [3.05, 3.63) is 62.7 Å². The third-order valence-corrected chi connectivity index (χ3v) is 5.48. The molecule has 1 fully saturated rings. The predicted octanol–water partition coefficient (Wildman–Crippen LogP) is -1.57. The minimum absolute atomic E-state index is 0.0666. The number of aliphatic hydroxyl groups excluding tert-OH is 2. The van der Waals surface area contributed by atoms with Crippen molar-refractivity contribution >= 4 is 16.1 Å². The molecule has 34 heavy (non-hydrogen) atoms. The van der Waals surface area contributed by atoms with E-state index in [0.29, 0.717) is 10.8 Å². The second-order valence-corrected chi connectivity index (χ2v) is 8.82. The maximum Gasteiger partial charge on any atom is 0.330 e. The van der Waals surface area contributed by atoms with E-state index in [4.69, 9.17) is 19.8 Å². The van der Waals surface area contributed by atoms with E-state index in [-0.39, 0.29) is 4.90 Å². The van der Waals surface area contributed by atoms with Crippen molar-refractivity contribution in [2.24, 2.45) is 5.73 Å². The molecule has 0 bridgehead atoms. The van der Waals surface area contributed by atoms with Gasteiger partial charge in [0, 0.05) is 0 Å². The van der Waals surface area contributed by atoms with Crippen molar-refractivity contribution < 1.29 is 41.8 Å². The van der Waals surface area contributed by atoms with E-state index in [1.807, 2.05) is 6.92 Å². The number of aliphatic hydroxyl groups is 2. The van der Waals surface area contributed by atoms with Gasteiger partial charge in [0.15, 0.2) is 6.23 Å². The van der Waals surface area contributed by atoms with Gasteiger partial charge >= 0.3 is 11.7 Å². The quantitative estimate of drug-likeness (QED) is 0.231. The molecule has 1 aliphatic rings. The fraction of sp³-hybridized carbons (Fsp3) is 0.421. The number of H-pyrrole nitrogens is 1. The van der Waals surface area contributed by atoms with Gasteiger partial charge in [-0.2, -0.15) is 12.8 Å². The summed E-state index contributed by atoms with van der Waals surface area (Å²) in [7, 11) is -4.02. The average Bonchev–Trinajstić information content (AvgIpc) is 3.03. The Morgan fingerprint density at radius 3 is 2.38 bits per heavy atom. The molecular formula is C19H24FN3O10S. The summed E-state index contributed by atoms with van der Waals surface area (Å²) in [4.78, 5) is 35.6. The Balaban J connectivity index is 0.000000310. The number of hydrogen-bond donors (Lipinski definition) is 5. The average molecular weight is 505 g/mol. The highest BCUT2D eigenvalue weighted by Crippen LogP contribution is 2.28. The van der Waals surface area contributed by atoms with Gasteiger partial charge in [-0.05, 0) is 26.0 Å². The summed E-state index contributed by atoms with van der Waals surface area (Å²) in [6, 6.07) is 5.10. The Bertz CT molecular complexity index is 1230. The number of esters is 1. The normalized spacial score (nSPS) is 23.0. The second kappa shape index (κ2) is 11.0. The van der Waals surface area contributed by atoms with E-state index in [2.05, 4.69) is 0 Å².